The minimum absolute atomic E-state index is 0.589. The Labute approximate surface area is 85.9 Å². The highest BCUT2D eigenvalue weighted by Gasteiger charge is 2.21. The molecule has 0 radical (unpaired) electrons. The van der Waals surface area contributed by atoms with E-state index in [1.165, 1.54) is 5.69 Å². The molecule has 14 heavy (non-hydrogen) atoms. The molecule has 2 unspecified atom stereocenters. The summed E-state index contributed by atoms with van der Waals surface area (Å²) in [6.45, 7) is 6.69. The number of hydrogen-bond donors (Lipinski definition) is 1. The Balaban J connectivity index is 2.16. The molecule has 0 saturated carbocycles. The average Bonchev–Trinajstić information content (AvgIpc) is 2.23. The fourth-order valence-electron chi connectivity index (χ4n) is 2.00. The van der Waals surface area contributed by atoms with Crippen LogP contribution in [0.4, 0.5) is 5.69 Å². The van der Waals surface area contributed by atoms with Crippen LogP contribution in [-0.2, 0) is 0 Å². The average molecular weight is 190 g/mol. The standard InChI is InChI=1S/C12H18N2/c1-10-9-14(11(2)8-13-10)12-6-4-3-5-7-12/h3-7,10-11,13H,8-9H2,1-2H3. The van der Waals surface area contributed by atoms with E-state index in [-0.39, 0.29) is 0 Å². The van der Waals surface area contributed by atoms with Gasteiger partial charge < -0.3 is 10.2 Å². The van der Waals surface area contributed by atoms with Gasteiger partial charge in [0.05, 0.1) is 0 Å². The first kappa shape index (κ1) is 9.53. The van der Waals surface area contributed by atoms with Crippen LogP contribution in [0.1, 0.15) is 13.8 Å². The molecule has 0 aromatic heterocycles. The molecule has 1 aliphatic rings. The normalized spacial score (nSPS) is 27.7. The van der Waals surface area contributed by atoms with Gasteiger partial charge in [-0.3, -0.25) is 0 Å². The van der Waals surface area contributed by atoms with Gasteiger partial charge in [0.1, 0.15) is 0 Å². The molecule has 0 spiro atoms. The molecule has 1 aliphatic heterocycles. The van der Waals surface area contributed by atoms with Crippen molar-refractivity contribution in [1.82, 2.24) is 5.32 Å². The maximum Gasteiger partial charge on any atom is 0.0387 e. The molecule has 0 amide bonds. The van der Waals surface area contributed by atoms with Crippen molar-refractivity contribution in [2.75, 3.05) is 18.0 Å². The van der Waals surface area contributed by atoms with Crippen LogP contribution >= 0.6 is 0 Å². The lowest BCUT2D eigenvalue weighted by Crippen LogP contribution is -2.54. The van der Waals surface area contributed by atoms with Crippen molar-refractivity contribution in [3.8, 4) is 0 Å². The van der Waals surface area contributed by atoms with Crippen molar-refractivity contribution in [2.45, 2.75) is 25.9 Å². The molecule has 0 aliphatic carbocycles. The summed E-state index contributed by atoms with van der Waals surface area (Å²) in [4.78, 5) is 2.47. The molecule has 0 bridgehead atoms. The third kappa shape index (κ3) is 1.90. The van der Waals surface area contributed by atoms with E-state index >= 15 is 0 Å². The SMILES string of the molecule is CC1CN(c2ccccc2)C(C)CN1. The predicted octanol–water partition coefficient (Wildman–Crippen LogP) is 1.87. The topological polar surface area (TPSA) is 15.3 Å². The van der Waals surface area contributed by atoms with Gasteiger partial charge in [0, 0.05) is 30.9 Å². The first-order valence-corrected chi connectivity index (χ1v) is 5.32. The van der Waals surface area contributed by atoms with Crippen molar-refractivity contribution in [1.29, 1.82) is 0 Å². The number of nitrogens with one attached hydrogen (secondary N) is 1. The van der Waals surface area contributed by atoms with Crippen molar-refractivity contribution in [3.63, 3.8) is 0 Å². The van der Waals surface area contributed by atoms with Gasteiger partial charge in [-0.2, -0.15) is 0 Å². The van der Waals surface area contributed by atoms with Crippen molar-refractivity contribution in [2.24, 2.45) is 0 Å². The van der Waals surface area contributed by atoms with Crippen LogP contribution < -0.4 is 10.2 Å². The van der Waals surface area contributed by atoms with Crippen LogP contribution in [-0.4, -0.2) is 25.2 Å². The summed E-state index contributed by atoms with van der Waals surface area (Å²) in [6, 6.07) is 11.8. The zero-order valence-corrected chi connectivity index (χ0v) is 8.90. The monoisotopic (exact) mass is 190 g/mol. The van der Waals surface area contributed by atoms with Gasteiger partial charge in [-0.1, -0.05) is 18.2 Å². The lowest BCUT2D eigenvalue weighted by atomic mass is 10.1. The van der Waals surface area contributed by atoms with Crippen LogP contribution in [0.15, 0.2) is 30.3 Å². The molecule has 2 nitrogen and oxygen atoms in total. The smallest absolute Gasteiger partial charge is 0.0387 e. The molecule has 1 fully saturated rings. The van der Waals surface area contributed by atoms with Crippen LogP contribution in [0.5, 0.6) is 0 Å². The number of para-hydroxylation sites is 1. The molecular weight excluding hydrogens is 172 g/mol. The molecule has 2 heteroatoms. The van der Waals surface area contributed by atoms with Crippen molar-refractivity contribution < 1.29 is 0 Å². The molecule has 2 rings (SSSR count). The lowest BCUT2D eigenvalue weighted by molar-refractivity contribution is 0.425. The Morgan fingerprint density at radius 3 is 2.64 bits per heavy atom. The van der Waals surface area contributed by atoms with Crippen molar-refractivity contribution >= 4 is 5.69 Å². The summed E-state index contributed by atoms with van der Waals surface area (Å²) in [6.07, 6.45) is 0. The maximum atomic E-state index is 3.49. The second-order valence-electron chi connectivity index (χ2n) is 4.15. The fourth-order valence-corrected chi connectivity index (χ4v) is 2.00. The Morgan fingerprint density at radius 2 is 1.93 bits per heavy atom. The summed E-state index contributed by atoms with van der Waals surface area (Å²) < 4.78 is 0. The minimum Gasteiger partial charge on any atom is -0.366 e. The highest BCUT2D eigenvalue weighted by Crippen LogP contribution is 2.18. The zero-order valence-electron chi connectivity index (χ0n) is 8.90. The summed E-state index contributed by atoms with van der Waals surface area (Å²) in [5.74, 6) is 0. The highest BCUT2D eigenvalue weighted by atomic mass is 15.2. The van der Waals surface area contributed by atoms with Gasteiger partial charge in [0.15, 0.2) is 0 Å². The minimum atomic E-state index is 0.589. The summed E-state index contributed by atoms with van der Waals surface area (Å²) in [5, 5.41) is 3.49. The van der Waals surface area contributed by atoms with Gasteiger partial charge >= 0.3 is 0 Å². The van der Waals surface area contributed by atoms with E-state index in [4.69, 9.17) is 0 Å². The molecule has 1 heterocycles. The Morgan fingerprint density at radius 1 is 1.21 bits per heavy atom. The fraction of sp³-hybridized carbons (Fsp3) is 0.500. The quantitative estimate of drug-likeness (QED) is 0.727. The molecule has 1 saturated heterocycles. The van der Waals surface area contributed by atoms with Crippen LogP contribution in [0, 0.1) is 0 Å². The molecule has 1 N–H and O–H groups in total. The number of benzene rings is 1. The maximum absolute atomic E-state index is 3.49. The summed E-state index contributed by atoms with van der Waals surface area (Å²) in [5.41, 5.74) is 1.34. The van der Waals surface area contributed by atoms with Gasteiger partial charge in [0.25, 0.3) is 0 Å². The lowest BCUT2D eigenvalue weighted by Gasteiger charge is -2.39. The predicted molar refractivity (Wildman–Crippen MR) is 60.7 cm³/mol. The first-order valence-electron chi connectivity index (χ1n) is 5.32. The van der Waals surface area contributed by atoms with E-state index in [9.17, 15) is 0 Å². The second-order valence-corrected chi connectivity index (χ2v) is 4.15. The number of nitrogens with zero attached hydrogens (tertiary/aromatic N) is 1. The van der Waals surface area contributed by atoms with Gasteiger partial charge in [-0.25, -0.2) is 0 Å². The van der Waals surface area contributed by atoms with E-state index in [0.29, 0.717) is 12.1 Å². The Kier molecular flexibility index (Phi) is 2.73. The molecule has 1 aromatic rings. The Bertz CT molecular complexity index is 284. The second kappa shape index (κ2) is 4.01. The van der Waals surface area contributed by atoms with Gasteiger partial charge in [-0.15, -0.1) is 0 Å². The number of hydrogen-bond acceptors (Lipinski definition) is 2. The largest absolute Gasteiger partial charge is 0.366 e. The van der Waals surface area contributed by atoms with E-state index in [1.807, 2.05) is 0 Å². The van der Waals surface area contributed by atoms with Gasteiger partial charge in [0.2, 0.25) is 0 Å². The first-order chi connectivity index (χ1) is 6.77. The molecular formula is C12H18N2. The zero-order chi connectivity index (χ0) is 9.97. The van der Waals surface area contributed by atoms with Crippen LogP contribution in [0.3, 0.4) is 0 Å². The summed E-state index contributed by atoms with van der Waals surface area (Å²) >= 11 is 0. The third-order valence-electron chi connectivity index (χ3n) is 2.85. The van der Waals surface area contributed by atoms with E-state index in [2.05, 4.69) is 54.4 Å². The van der Waals surface area contributed by atoms with Crippen molar-refractivity contribution in [3.05, 3.63) is 30.3 Å². The van der Waals surface area contributed by atoms with E-state index < -0.39 is 0 Å². The Hall–Kier alpha value is -1.02. The number of rotatable bonds is 1. The van der Waals surface area contributed by atoms with Crippen LogP contribution in [0.2, 0.25) is 0 Å². The third-order valence-corrected chi connectivity index (χ3v) is 2.85. The van der Waals surface area contributed by atoms with E-state index in [0.717, 1.165) is 13.1 Å². The number of anilines is 1. The van der Waals surface area contributed by atoms with Gasteiger partial charge in [-0.05, 0) is 26.0 Å². The molecule has 76 valence electrons. The number of piperazine rings is 1. The highest BCUT2D eigenvalue weighted by molar-refractivity contribution is 5.47. The van der Waals surface area contributed by atoms with E-state index in [1.54, 1.807) is 0 Å². The molecule has 1 aromatic carbocycles. The summed E-state index contributed by atoms with van der Waals surface area (Å²) in [7, 11) is 0. The van der Waals surface area contributed by atoms with Crippen LogP contribution in [0.25, 0.3) is 0 Å². The molecule has 2 atom stereocenters.